The van der Waals surface area contributed by atoms with Gasteiger partial charge in [0.2, 0.25) is 0 Å². The Bertz CT molecular complexity index is 918. The summed E-state index contributed by atoms with van der Waals surface area (Å²) in [4.78, 5) is 24.9. The first kappa shape index (κ1) is 16.1. The standard InChI is InChI=1S/C16H13BrN4O3/c1-21-15(19-16(22)24-21)14(11-6-3-2-4-7-11)20-23-10-12-8-5-9-13(17)18-12/h2-9H,10H2,1H3/b20-14-. The predicted octanol–water partition coefficient (Wildman–Crippen LogP) is 2.50. The summed E-state index contributed by atoms with van der Waals surface area (Å²) < 4.78 is 6.87. The maximum atomic E-state index is 11.4. The summed E-state index contributed by atoms with van der Waals surface area (Å²) >= 11 is 3.31. The zero-order valence-electron chi connectivity index (χ0n) is 12.7. The molecule has 0 saturated carbocycles. The molecule has 0 N–H and O–H groups in total. The van der Waals surface area contributed by atoms with Crippen molar-refractivity contribution in [3.05, 3.63) is 80.8 Å². The summed E-state index contributed by atoms with van der Waals surface area (Å²) in [6, 6.07) is 14.8. The molecule has 0 spiro atoms. The maximum Gasteiger partial charge on any atom is 0.460 e. The van der Waals surface area contributed by atoms with Gasteiger partial charge < -0.3 is 9.36 Å². The molecule has 2 aromatic heterocycles. The van der Waals surface area contributed by atoms with Gasteiger partial charge in [-0.2, -0.15) is 9.72 Å². The lowest BCUT2D eigenvalue weighted by Gasteiger charge is -2.06. The Balaban J connectivity index is 1.90. The zero-order valence-corrected chi connectivity index (χ0v) is 14.3. The van der Waals surface area contributed by atoms with Crippen LogP contribution < -0.4 is 5.76 Å². The molecular weight excluding hydrogens is 376 g/mol. The first-order valence-corrected chi connectivity index (χ1v) is 7.84. The fraction of sp³-hybridized carbons (Fsp3) is 0.125. The van der Waals surface area contributed by atoms with Gasteiger partial charge in [-0.15, -0.1) is 0 Å². The lowest BCUT2D eigenvalue weighted by Crippen LogP contribution is -2.12. The lowest BCUT2D eigenvalue weighted by molar-refractivity contribution is 0.127. The van der Waals surface area contributed by atoms with Gasteiger partial charge in [-0.1, -0.05) is 41.6 Å². The van der Waals surface area contributed by atoms with Gasteiger partial charge in [0.25, 0.3) is 0 Å². The molecule has 0 aliphatic carbocycles. The second kappa shape index (κ2) is 7.22. The molecule has 0 fully saturated rings. The maximum absolute atomic E-state index is 11.4. The van der Waals surface area contributed by atoms with Crippen LogP contribution in [0.5, 0.6) is 0 Å². The number of aryl methyl sites for hydroxylation is 1. The third-order valence-electron chi connectivity index (χ3n) is 3.11. The van der Waals surface area contributed by atoms with E-state index in [2.05, 4.69) is 31.1 Å². The van der Waals surface area contributed by atoms with E-state index in [1.165, 1.54) is 4.74 Å². The molecule has 0 aliphatic rings. The van der Waals surface area contributed by atoms with E-state index in [0.29, 0.717) is 5.71 Å². The summed E-state index contributed by atoms with van der Waals surface area (Å²) in [5.41, 5.74) is 1.87. The van der Waals surface area contributed by atoms with E-state index >= 15 is 0 Å². The minimum absolute atomic E-state index is 0.182. The van der Waals surface area contributed by atoms with Gasteiger partial charge >= 0.3 is 5.76 Å². The van der Waals surface area contributed by atoms with E-state index in [9.17, 15) is 4.79 Å². The SMILES string of the molecule is Cn1oc(=O)nc1/C(=N\OCc1cccc(Br)n1)c1ccccc1. The fourth-order valence-corrected chi connectivity index (χ4v) is 2.43. The van der Waals surface area contributed by atoms with Gasteiger partial charge in [0.1, 0.15) is 4.60 Å². The van der Waals surface area contributed by atoms with Gasteiger partial charge in [0.15, 0.2) is 18.1 Å². The average Bonchev–Trinajstić information content (AvgIpc) is 2.91. The smallest absolute Gasteiger partial charge is 0.389 e. The Morgan fingerprint density at radius 2 is 2.00 bits per heavy atom. The first-order chi connectivity index (χ1) is 11.6. The molecule has 122 valence electrons. The van der Waals surface area contributed by atoms with Crippen LogP contribution in [0.3, 0.4) is 0 Å². The summed E-state index contributed by atoms with van der Waals surface area (Å²) in [6.45, 7) is 0.182. The molecular formula is C16H13BrN4O3. The Hall–Kier alpha value is -2.74. The normalized spacial score (nSPS) is 11.5. The van der Waals surface area contributed by atoms with E-state index in [1.54, 1.807) is 7.05 Å². The van der Waals surface area contributed by atoms with Gasteiger partial charge in [-0.3, -0.25) is 0 Å². The minimum atomic E-state index is -0.690. The van der Waals surface area contributed by atoms with Crippen molar-refractivity contribution >= 4 is 21.6 Å². The fourth-order valence-electron chi connectivity index (χ4n) is 2.05. The summed E-state index contributed by atoms with van der Waals surface area (Å²) in [5.74, 6) is -0.404. The van der Waals surface area contributed by atoms with Crippen molar-refractivity contribution in [2.24, 2.45) is 12.2 Å². The highest BCUT2D eigenvalue weighted by atomic mass is 79.9. The van der Waals surface area contributed by atoms with Crippen molar-refractivity contribution in [1.29, 1.82) is 0 Å². The number of pyridine rings is 1. The second-order valence-electron chi connectivity index (χ2n) is 4.82. The highest BCUT2D eigenvalue weighted by Gasteiger charge is 2.16. The van der Waals surface area contributed by atoms with E-state index in [1.807, 2.05) is 48.5 Å². The van der Waals surface area contributed by atoms with Crippen molar-refractivity contribution in [1.82, 2.24) is 14.7 Å². The highest BCUT2D eigenvalue weighted by molar-refractivity contribution is 9.10. The van der Waals surface area contributed by atoms with Crippen LogP contribution in [0, 0.1) is 0 Å². The van der Waals surface area contributed by atoms with Crippen LogP contribution in [-0.4, -0.2) is 20.4 Å². The van der Waals surface area contributed by atoms with Crippen LogP contribution in [0.25, 0.3) is 0 Å². The van der Waals surface area contributed by atoms with Crippen molar-refractivity contribution < 1.29 is 9.36 Å². The number of hydrogen-bond acceptors (Lipinski definition) is 6. The van der Waals surface area contributed by atoms with Crippen LogP contribution in [-0.2, 0) is 18.5 Å². The summed E-state index contributed by atoms with van der Waals surface area (Å²) in [6.07, 6.45) is 0. The molecule has 3 aromatic rings. The van der Waals surface area contributed by atoms with E-state index < -0.39 is 5.76 Å². The number of rotatable bonds is 5. The number of benzene rings is 1. The topological polar surface area (TPSA) is 82.5 Å². The van der Waals surface area contributed by atoms with Crippen LogP contribution >= 0.6 is 15.9 Å². The molecule has 0 atom stereocenters. The van der Waals surface area contributed by atoms with Crippen LogP contribution in [0.1, 0.15) is 17.1 Å². The summed E-state index contributed by atoms with van der Waals surface area (Å²) in [5, 5.41) is 4.14. The van der Waals surface area contributed by atoms with Gasteiger partial charge in [0.05, 0.1) is 5.69 Å². The number of nitrogens with zero attached hydrogens (tertiary/aromatic N) is 4. The van der Waals surface area contributed by atoms with Crippen molar-refractivity contribution in [2.45, 2.75) is 6.61 Å². The molecule has 0 amide bonds. The molecule has 0 saturated heterocycles. The lowest BCUT2D eigenvalue weighted by atomic mass is 10.1. The average molecular weight is 389 g/mol. The highest BCUT2D eigenvalue weighted by Crippen LogP contribution is 2.10. The molecule has 24 heavy (non-hydrogen) atoms. The van der Waals surface area contributed by atoms with Crippen LogP contribution in [0.2, 0.25) is 0 Å². The van der Waals surface area contributed by atoms with Crippen LogP contribution in [0.15, 0.2) is 67.6 Å². The Labute approximate surface area is 145 Å². The van der Waals surface area contributed by atoms with Gasteiger partial charge in [-0.25, -0.2) is 9.78 Å². The Morgan fingerprint density at radius 1 is 1.21 bits per heavy atom. The molecule has 2 heterocycles. The quantitative estimate of drug-likeness (QED) is 0.381. The van der Waals surface area contributed by atoms with E-state index in [4.69, 9.17) is 9.36 Å². The minimum Gasteiger partial charge on any atom is -0.389 e. The van der Waals surface area contributed by atoms with Crippen LogP contribution in [0.4, 0.5) is 0 Å². The number of aromatic nitrogens is 3. The molecule has 1 aromatic carbocycles. The molecule has 3 rings (SSSR count). The zero-order chi connectivity index (χ0) is 16.9. The summed E-state index contributed by atoms with van der Waals surface area (Å²) in [7, 11) is 1.58. The van der Waals surface area contributed by atoms with Gasteiger partial charge in [-0.05, 0) is 28.1 Å². The van der Waals surface area contributed by atoms with Crippen molar-refractivity contribution in [3.63, 3.8) is 0 Å². The number of halogens is 1. The number of hydrogen-bond donors (Lipinski definition) is 0. The molecule has 8 heteroatoms. The van der Waals surface area contributed by atoms with E-state index in [-0.39, 0.29) is 12.4 Å². The van der Waals surface area contributed by atoms with Gasteiger partial charge in [0, 0.05) is 12.6 Å². The Morgan fingerprint density at radius 3 is 2.67 bits per heavy atom. The van der Waals surface area contributed by atoms with Crippen molar-refractivity contribution in [2.75, 3.05) is 0 Å². The molecule has 0 radical (unpaired) electrons. The third-order valence-corrected chi connectivity index (χ3v) is 3.55. The monoisotopic (exact) mass is 388 g/mol. The molecule has 0 unspecified atom stereocenters. The Kier molecular flexibility index (Phi) is 4.85. The largest absolute Gasteiger partial charge is 0.460 e. The van der Waals surface area contributed by atoms with E-state index in [0.717, 1.165) is 15.9 Å². The first-order valence-electron chi connectivity index (χ1n) is 7.05. The predicted molar refractivity (Wildman–Crippen MR) is 90.6 cm³/mol. The third kappa shape index (κ3) is 3.77. The molecule has 0 aliphatic heterocycles. The molecule has 7 nitrogen and oxygen atoms in total. The number of oxime groups is 1. The van der Waals surface area contributed by atoms with Crippen molar-refractivity contribution in [3.8, 4) is 0 Å². The molecule has 0 bridgehead atoms. The second-order valence-corrected chi connectivity index (χ2v) is 5.63.